The van der Waals surface area contributed by atoms with Crippen molar-refractivity contribution in [2.45, 2.75) is 45.0 Å². The van der Waals surface area contributed by atoms with Gasteiger partial charge in [0.15, 0.2) is 0 Å². The van der Waals surface area contributed by atoms with Crippen LogP contribution in [0.1, 0.15) is 50.5 Å². The lowest BCUT2D eigenvalue weighted by Crippen LogP contribution is -2.11. The van der Waals surface area contributed by atoms with Crippen LogP contribution in [0.4, 0.5) is 0 Å². The maximum absolute atomic E-state index is 5.92. The summed E-state index contributed by atoms with van der Waals surface area (Å²) in [5.41, 5.74) is 0.580. The summed E-state index contributed by atoms with van der Waals surface area (Å²) in [5.74, 6) is 1.13. The smallest absolute Gasteiger partial charge is 0.238 e. The Morgan fingerprint density at radius 3 is 2.56 bits per heavy atom. The molecule has 0 aromatic carbocycles. The predicted octanol–water partition coefficient (Wildman–Crippen LogP) is 2.31. The van der Waals surface area contributed by atoms with E-state index in [1.54, 1.807) is 10.9 Å². The number of nitrogens with zero attached hydrogens (tertiary/aromatic N) is 5. The van der Waals surface area contributed by atoms with Gasteiger partial charge in [0, 0.05) is 5.41 Å². The van der Waals surface area contributed by atoms with Crippen molar-refractivity contribution in [3.05, 3.63) is 23.7 Å². The van der Waals surface area contributed by atoms with Crippen molar-refractivity contribution in [2.24, 2.45) is 0 Å². The lowest BCUT2D eigenvalue weighted by Gasteiger charge is -2.10. The third-order valence-corrected chi connectivity index (χ3v) is 2.59. The number of rotatable bonds is 3. The van der Waals surface area contributed by atoms with Gasteiger partial charge in [-0.2, -0.15) is 0 Å². The minimum atomic E-state index is -0.161. The van der Waals surface area contributed by atoms with Crippen LogP contribution in [0, 0.1) is 0 Å². The van der Waals surface area contributed by atoms with Crippen LogP contribution in [0.2, 0.25) is 0 Å². The van der Waals surface area contributed by atoms with Crippen molar-refractivity contribution in [3.8, 4) is 0 Å². The molecule has 2 aromatic rings. The van der Waals surface area contributed by atoms with E-state index in [1.807, 2.05) is 27.7 Å². The van der Waals surface area contributed by atoms with E-state index in [1.165, 1.54) is 0 Å². The molecule has 0 aliphatic rings. The third-order valence-electron chi connectivity index (χ3n) is 2.37. The average molecular weight is 270 g/mol. The molecule has 0 spiro atoms. The van der Waals surface area contributed by atoms with Crippen molar-refractivity contribution in [3.63, 3.8) is 0 Å². The van der Waals surface area contributed by atoms with Crippen LogP contribution >= 0.6 is 11.6 Å². The summed E-state index contributed by atoms with van der Waals surface area (Å²) in [6, 6.07) is 0. The van der Waals surface area contributed by atoms with Gasteiger partial charge in [0.05, 0.1) is 11.6 Å². The zero-order chi connectivity index (χ0) is 13.3. The molecule has 0 bridgehead atoms. The van der Waals surface area contributed by atoms with Gasteiger partial charge in [0.2, 0.25) is 11.8 Å². The van der Waals surface area contributed by atoms with Gasteiger partial charge >= 0.3 is 0 Å². The van der Waals surface area contributed by atoms with E-state index in [4.69, 9.17) is 16.0 Å². The molecule has 2 rings (SSSR count). The van der Waals surface area contributed by atoms with Crippen molar-refractivity contribution in [1.82, 2.24) is 25.2 Å². The first-order chi connectivity index (χ1) is 8.36. The molecule has 98 valence electrons. The summed E-state index contributed by atoms with van der Waals surface area (Å²) in [5, 5.41) is 15.8. The maximum atomic E-state index is 5.92. The van der Waals surface area contributed by atoms with Gasteiger partial charge in [-0.25, -0.2) is 4.68 Å². The second kappa shape index (κ2) is 4.68. The molecular formula is C11H16ClN5O. The van der Waals surface area contributed by atoms with Crippen LogP contribution in [0.15, 0.2) is 10.6 Å². The number of alkyl halides is 1. The molecule has 0 aliphatic heterocycles. The molecule has 0 amide bonds. The third kappa shape index (κ3) is 2.87. The molecule has 7 heteroatoms. The Labute approximate surface area is 110 Å². The van der Waals surface area contributed by atoms with E-state index in [9.17, 15) is 0 Å². The van der Waals surface area contributed by atoms with Gasteiger partial charge in [0.1, 0.15) is 12.2 Å². The minimum Gasteiger partial charge on any atom is -0.423 e. The quantitative estimate of drug-likeness (QED) is 0.800. The molecule has 0 radical (unpaired) electrons. The Kier molecular flexibility index (Phi) is 3.38. The molecule has 6 nitrogen and oxygen atoms in total. The van der Waals surface area contributed by atoms with Crippen LogP contribution in [-0.2, 0) is 12.0 Å². The van der Waals surface area contributed by atoms with Gasteiger partial charge in [-0.05, 0) is 6.92 Å². The second-order valence-corrected chi connectivity index (χ2v) is 5.86. The lowest BCUT2D eigenvalue weighted by molar-refractivity contribution is 0.362. The van der Waals surface area contributed by atoms with E-state index < -0.39 is 0 Å². The van der Waals surface area contributed by atoms with E-state index in [0.29, 0.717) is 18.3 Å². The second-order valence-electron chi connectivity index (χ2n) is 5.21. The van der Waals surface area contributed by atoms with Crippen molar-refractivity contribution in [1.29, 1.82) is 0 Å². The van der Waals surface area contributed by atoms with Crippen LogP contribution < -0.4 is 0 Å². The van der Waals surface area contributed by atoms with E-state index >= 15 is 0 Å². The highest BCUT2D eigenvalue weighted by Gasteiger charge is 2.21. The normalized spacial score (nSPS) is 13.8. The SMILES string of the molecule is CC(Cl)c1cn(Cc2nnc(C(C)(C)C)o2)nn1. The van der Waals surface area contributed by atoms with Crippen molar-refractivity contribution < 1.29 is 4.42 Å². The Morgan fingerprint density at radius 1 is 1.33 bits per heavy atom. The highest BCUT2D eigenvalue weighted by atomic mass is 35.5. The fourth-order valence-corrected chi connectivity index (χ4v) is 1.43. The summed E-state index contributed by atoms with van der Waals surface area (Å²) in [7, 11) is 0. The Morgan fingerprint density at radius 2 is 2.06 bits per heavy atom. The lowest BCUT2D eigenvalue weighted by atomic mass is 9.97. The molecule has 18 heavy (non-hydrogen) atoms. The molecule has 2 heterocycles. The first-order valence-electron chi connectivity index (χ1n) is 5.73. The topological polar surface area (TPSA) is 69.6 Å². The first kappa shape index (κ1) is 13.0. The standard InChI is InChI=1S/C11H16ClN5O/c1-7(12)8-5-17(16-13-8)6-9-14-15-10(18-9)11(2,3)4/h5,7H,6H2,1-4H3. The molecule has 2 aromatic heterocycles. The average Bonchev–Trinajstić information content (AvgIpc) is 2.85. The first-order valence-corrected chi connectivity index (χ1v) is 6.17. The van der Waals surface area contributed by atoms with Gasteiger partial charge < -0.3 is 4.42 Å². The predicted molar refractivity (Wildman–Crippen MR) is 66.4 cm³/mol. The minimum absolute atomic E-state index is 0.149. The van der Waals surface area contributed by atoms with Gasteiger partial charge in [-0.1, -0.05) is 26.0 Å². The van der Waals surface area contributed by atoms with Crippen LogP contribution in [-0.4, -0.2) is 25.2 Å². The molecule has 0 fully saturated rings. The summed E-state index contributed by atoms with van der Waals surface area (Å²) < 4.78 is 7.21. The molecule has 0 saturated carbocycles. The monoisotopic (exact) mass is 269 g/mol. The largest absolute Gasteiger partial charge is 0.423 e. The molecule has 0 N–H and O–H groups in total. The van der Waals surface area contributed by atoms with Crippen LogP contribution in [0.5, 0.6) is 0 Å². The number of aromatic nitrogens is 5. The van der Waals surface area contributed by atoms with Gasteiger partial charge in [0.25, 0.3) is 0 Å². The number of halogens is 1. The van der Waals surface area contributed by atoms with E-state index in [-0.39, 0.29) is 10.8 Å². The van der Waals surface area contributed by atoms with E-state index in [2.05, 4.69) is 20.5 Å². The van der Waals surface area contributed by atoms with Gasteiger partial charge in [-0.3, -0.25) is 0 Å². The fourth-order valence-electron chi connectivity index (χ4n) is 1.33. The maximum Gasteiger partial charge on any atom is 0.238 e. The van der Waals surface area contributed by atoms with E-state index in [0.717, 1.165) is 5.69 Å². The molecular weight excluding hydrogens is 254 g/mol. The van der Waals surface area contributed by atoms with Crippen molar-refractivity contribution in [2.75, 3.05) is 0 Å². The molecule has 0 aliphatic carbocycles. The highest BCUT2D eigenvalue weighted by Crippen LogP contribution is 2.20. The Hall–Kier alpha value is -1.43. The molecule has 0 saturated heterocycles. The Balaban J connectivity index is 2.11. The Bertz CT molecular complexity index is 526. The fraction of sp³-hybridized carbons (Fsp3) is 0.636. The van der Waals surface area contributed by atoms with Crippen LogP contribution in [0.3, 0.4) is 0 Å². The number of hydrogen-bond acceptors (Lipinski definition) is 5. The zero-order valence-corrected chi connectivity index (χ0v) is 11.6. The summed E-state index contributed by atoms with van der Waals surface area (Å²) >= 11 is 5.92. The summed E-state index contributed by atoms with van der Waals surface area (Å²) in [6.45, 7) is 8.31. The molecule has 1 atom stereocenters. The number of hydrogen-bond donors (Lipinski definition) is 0. The van der Waals surface area contributed by atoms with Crippen LogP contribution in [0.25, 0.3) is 0 Å². The molecule has 1 unspecified atom stereocenters. The summed E-state index contributed by atoms with van der Waals surface area (Å²) in [6.07, 6.45) is 1.78. The van der Waals surface area contributed by atoms with Crippen molar-refractivity contribution >= 4 is 11.6 Å². The zero-order valence-electron chi connectivity index (χ0n) is 10.9. The highest BCUT2D eigenvalue weighted by molar-refractivity contribution is 6.20. The summed E-state index contributed by atoms with van der Waals surface area (Å²) in [4.78, 5) is 0. The van der Waals surface area contributed by atoms with Gasteiger partial charge in [-0.15, -0.1) is 26.9 Å².